The number of nitrogens with zero attached hydrogens (tertiary/aromatic N) is 3. The van der Waals surface area contributed by atoms with E-state index in [0.29, 0.717) is 12.1 Å². The molecule has 2 aliphatic rings. The van der Waals surface area contributed by atoms with Gasteiger partial charge in [-0.2, -0.15) is 4.98 Å². The van der Waals surface area contributed by atoms with Crippen molar-refractivity contribution in [2.45, 2.75) is 37.8 Å². The van der Waals surface area contributed by atoms with E-state index < -0.39 is 6.04 Å². The normalized spacial score (nSPS) is 21.8. The van der Waals surface area contributed by atoms with Crippen molar-refractivity contribution in [1.82, 2.24) is 15.2 Å². The van der Waals surface area contributed by atoms with E-state index >= 15 is 0 Å². The summed E-state index contributed by atoms with van der Waals surface area (Å²) in [5, 5.41) is 21.1. The molecule has 0 spiro atoms. The second-order valence-corrected chi connectivity index (χ2v) is 8.09. The van der Waals surface area contributed by atoms with Crippen LogP contribution >= 0.6 is 0 Å². The van der Waals surface area contributed by atoms with Gasteiger partial charge in [-0.1, -0.05) is 12.1 Å². The van der Waals surface area contributed by atoms with Gasteiger partial charge in [0.15, 0.2) is 5.58 Å². The summed E-state index contributed by atoms with van der Waals surface area (Å²) < 4.78 is 5.90. The van der Waals surface area contributed by atoms with E-state index in [1.165, 1.54) is 0 Å². The molecule has 1 aromatic heterocycles. The summed E-state index contributed by atoms with van der Waals surface area (Å²) >= 11 is 0. The quantitative estimate of drug-likeness (QED) is 0.662. The molecule has 158 valence electrons. The second-order valence-electron chi connectivity index (χ2n) is 8.09. The number of carbonyl (C=O) groups excluding carboxylic acids is 1. The Labute approximate surface area is 170 Å². The lowest BCUT2D eigenvalue weighted by molar-refractivity contribution is -0.128. The number of benzene rings is 1. The Kier molecular flexibility index (Phi) is 6.32. The predicted molar refractivity (Wildman–Crippen MR) is 110 cm³/mol. The third-order valence-electron chi connectivity index (χ3n) is 6.14. The fourth-order valence-electron chi connectivity index (χ4n) is 4.44. The van der Waals surface area contributed by atoms with Crippen LogP contribution in [0.4, 0.5) is 6.01 Å². The summed E-state index contributed by atoms with van der Waals surface area (Å²) in [6.07, 6.45) is 3.88. The van der Waals surface area contributed by atoms with Gasteiger partial charge in [0, 0.05) is 25.7 Å². The molecule has 2 fully saturated rings. The molecule has 0 saturated carbocycles. The molecule has 0 unspecified atom stereocenters. The number of amides is 1. The third-order valence-corrected chi connectivity index (χ3v) is 6.14. The fraction of sp³-hybridized carbons (Fsp3) is 0.619. The highest BCUT2D eigenvalue weighted by molar-refractivity contribution is 5.79. The highest BCUT2D eigenvalue weighted by Crippen LogP contribution is 2.28. The Morgan fingerprint density at radius 3 is 2.66 bits per heavy atom. The highest BCUT2D eigenvalue weighted by Gasteiger charge is 2.33. The molecule has 1 atom stereocenters. The zero-order valence-corrected chi connectivity index (χ0v) is 16.7. The van der Waals surface area contributed by atoms with Gasteiger partial charge in [-0.3, -0.25) is 9.69 Å². The first kappa shape index (κ1) is 20.1. The zero-order chi connectivity index (χ0) is 20.2. The van der Waals surface area contributed by atoms with Gasteiger partial charge in [0.1, 0.15) is 5.52 Å². The molecule has 2 aromatic rings. The minimum Gasteiger partial charge on any atom is -0.423 e. The number of carbonyl (C=O) groups is 1. The van der Waals surface area contributed by atoms with E-state index in [1.54, 1.807) is 0 Å². The maximum Gasteiger partial charge on any atom is 0.298 e. The molecule has 3 heterocycles. The van der Waals surface area contributed by atoms with Crippen LogP contribution in [-0.2, 0) is 4.79 Å². The number of hydrogen-bond acceptors (Lipinski definition) is 7. The molecule has 4 rings (SSSR count). The molecule has 2 saturated heterocycles. The van der Waals surface area contributed by atoms with Gasteiger partial charge >= 0.3 is 0 Å². The molecule has 8 nitrogen and oxygen atoms in total. The van der Waals surface area contributed by atoms with Crippen molar-refractivity contribution < 1.29 is 19.4 Å². The van der Waals surface area contributed by atoms with Crippen molar-refractivity contribution >= 4 is 23.0 Å². The number of nitrogens with one attached hydrogen (secondary N) is 1. The van der Waals surface area contributed by atoms with Crippen LogP contribution in [0.3, 0.4) is 0 Å². The van der Waals surface area contributed by atoms with Crippen molar-refractivity contribution in [3.8, 4) is 0 Å². The number of hydrogen-bond donors (Lipinski definition) is 3. The summed E-state index contributed by atoms with van der Waals surface area (Å²) in [7, 11) is 0. The summed E-state index contributed by atoms with van der Waals surface area (Å²) in [5.74, 6) is -0.147. The van der Waals surface area contributed by atoms with E-state index in [2.05, 4.69) is 20.1 Å². The number of likely N-dealkylation sites (tertiary alicyclic amines) is 1. The van der Waals surface area contributed by atoms with Crippen LogP contribution < -0.4 is 10.2 Å². The van der Waals surface area contributed by atoms with Gasteiger partial charge in [0.2, 0.25) is 5.91 Å². The van der Waals surface area contributed by atoms with Crippen LogP contribution in [0.2, 0.25) is 0 Å². The molecular formula is C21H30N4O4. The number of piperidine rings is 2. The first-order valence-corrected chi connectivity index (χ1v) is 10.5. The smallest absolute Gasteiger partial charge is 0.298 e. The van der Waals surface area contributed by atoms with Crippen molar-refractivity contribution in [3.05, 3.63) is 24.3 Å². The first-order chi connectivity index (χ1) is 14.2. The summed E-state index contributed by atoms with van der Waals surface area (Å²) in [5.41, 5.74) is 1.71. The van der Waals surface area contributed by atoms with Crippen LogP contribution in [0.15, 0.2) is 28.7 Å². The molecule has 29 heavy (non-hydrogen) atoms. The number of oxazole rings is 1. The van der Waals surface area contributed by atoms with Gasteiger partial charge in [-0.15, -0.1) is 0 Å². The first-order valence-electron chi connectivity index (χ1n) is 10.5. The van der Waals surface area contributed by atoms with Crippen molar-refractivity contribution in [3.63, 3.8) is 0 Å². The zero-order valence-electron chi connectivity index (χ0n) is 16.7. The number of aliphatic hydroxyl groups excluding tert-OH is 2. The van der Waals surface area contributed by atoms with Gasteiger partial charge in [-0.05, 0) is 44.4 Å². The topological polar surface area (TPSA) is 102 Å². The van der Waals surface area contributed by atoms with Crippen molar-refractivity contribution in [2.24, 2.45) is 5.92 Å². The monoisotopic (exact) mass is 402 g/mol. The minimum absolute atomic E-state index is 0.0632. The maximum atomic E-state index is 12.5. The molecule has 1 amide bonds. The van der Waals surface area contributed by atoms with Gasteiger partial charge in [-0.25, -0.2) is 0 Å². The number of para-hydroxylation sites is 2. The van der Waals surface area contributed by atoms with Crippen LogP contribution in [0.25, 0.3) is 11.1 Å². The molecule has 0 radical (unpaired) electrons. The van der Waals surface area contributed by atoms with Crippen LogP contribution in [-0.4, -0.2) is 77.5 Å². The summed E-state index contributed by atoms with van der Waals surface area (Å²) in [6.45, 7) is 3.05. The maximum absolute atomic E-state index is 12.5. The van der Waals surface area contributed by atoms with E-state index in [9.17, 15) is 15.0 Å². The molecule has 0 bridgehead atoms. The second kappa shape index (κ2) is 9.11. The lowest BCUT2D eigenvalue weighted by Gasteiger charge is -2.41. The van der Waals surface area contributed by atoms with Gasteiger partial charge in [0.25, 0.3) is 6.01 Å². The Morgan fingerprint density at radius 2 is 1.93 bits per heavy atom. The molecule has 1 aromatic carbocycles. The Morgan fingerprint density at radius 1 is 1.17 bits per heavy atom. The number of aliphatic hydroxyl groups is 2. The van der Waals surface area contributed by atoms with Crippen molar-refractivity contribution in [2.75, 3.05) is 44.3 Å². The molecular weight excluding hydrogens is 372 g/mol. The van der Waals surface area contributed by atoms with E-state index in [4.69, 9.17) is 4.42 Å². The van der Waals surface area contributed by atoms with E-state index in [-0.39, 0.29) is 25.0 Å². The molecule has 3 N–H and O–H groups in total. The molecule has 0 aliphatic carbocycles. The lowest BCUT2D eigenvalue weighted by Crippen LogP contribution is -2.52. The Bertz CT molecular complexity index is 781. The summed E-state index contributed by atoms with van der Waals surface area (Å²) in [6, 6.07) is 8.40. The molecule has 8 heteroatoms. The van der Waals surface area contributed by atoms with Crippen LogP contribution in [0, 0.1) is 5.92 Å². The third kappa shape index (κ3) is 4.55. The number of anilines is 1. The number of fused-ring (bicyclic) bond motifs is 1. The SMILES string of the molecule is O=C(NC(CO)CO)[C@H]1CCCN(C2CCN(c3nc4ccccc4o3)CC2)C1. The van der Waals surface area contributed by atoms with Crippen LogP contribution in [0.5, 0.6) is 0 Å². The minimum atomic E-state index is -0.572. The van der Waals surface area contributed by atoms with Crippen LogP contribution in [0.1, 0.15) is 25.7 Å². The highest BCUT2D eigenvalue weighted by atomic mass is 16.4. The average molecular weight is 402 g/mol. The Balaban J connectivity index is 1.31. The van der Waals surface area contributed by atoms with Crippen molar-refractivity contribution in [1.29, 1.82) is 0 Å². The number of rotatable bonds is 6. The number of aromatic nitrogens is 1. The summed E-state index contributed by atoms with van der Waals surface area (Å²) in [4.78, 5) is 21.7. The predicted octanol–water partition coefficient (Wildman–Crippen LogP) is 0.978. The lowest BCUT2D eigenvalue weighted by atomic mass is 9.93. The fourth-order valence-corrected chi connectivity index (χ4v) is 4.44. The molecule has 2 aliphatic heterocycles. The van der Waals surface area contributed by atoms with E-state index in [1.807, 2.05) is 24.3 Å². The standard InChI is InChI=1S/C21H30N4O4/c26-13-16(14-27)22-20(28)15-4-3-9-25(12-15)17-7-10-24(11-8-17)21-23-18-5-1-2-6-19(18)29-21/h1-2,5-6,15-17,26-27H,3-4,7-14H2,(H,22,28)/t15-/m0/s1. The van der Waals surface area contributed by atoms with E-state index in [0.717, 1.165) is 63.0 Å². The van der Waals surface area contributed by atoms with Gasteiger partial charge in [0.05, 0.1) is 25.2 Å². The average Bonchev–Trinajstić information content (AvgIpc) is 3.22. The van der Waals surface area contributed by atoms with Gasteiger partial charge < -0.3 is 24.8 Å². The Hall–Kier alpha value is -2.16. The largest absolute Gasteiger partial charge is 0.423 e.